The second kappa shape index (κ2) is 10.5. The smallest absolute Gasteiger partial charge is 0.404 e. The molecule has 2 aromatic heterocycles. The number of anilines is 1. The van der Waals surface area contributed by atoms with E-state index in [0.717, 1.165) is 5.39 Å². The van der Waals surface area contributed by atoms with Crippen LogP contribution < -0.4 is 16.0 Å². The first-order chi connectivity index (χ1) is 16.1. The third kappa shape index (κ3) is 6.12. The number of carbonyl (C=O) groups is 3. The van der Waals surface area contributed by atoms with Gasteiger partial charge in [-0.2, -0.15) is 0 Å². The maximum atomic E-state index is 12.8. The van der Waals surface area contributed by atoms with Gasteiger partial charge >= 0.3 is 6.09 Å². The molecular formula is C22H26N6O6. The van der Waals surface area contributed by atoms with E-state index in [1.54, 1.807) is 28.8 Å². The zero-order valence-electron chi connectivity index (χ0n) is 18.8. The molecule has 0 aliphatic heterocycles. The summed E-state index contributed by atoms with van der Waals surface area (Å²) in [5, 5.41) is 28.1. The van der Waals surface area contributed by atoms with Crippen LogP contribution in [-0.2, 0) is 6.54 Å². The van der Waals surface area contributed by atoms with Gasteiger partial charge < -0.3 is 30.6 Å². The SMILES string of the molecule is CC(C)Cn1cc([N+](=O)[O-])cc1C(=O)Nc1ccc2cc(C(=O)NCCCNC(=O)O)[nH]c2c1. The standard InChI is InChI=1S/C22H26N6O6/c1-13(2)11-27-12-16(28(33)34)10-19(27)21(30)25-15-5-4-14-8-18(26-17(14)9-15)20(29)23-6-3-7-24-22(31)32/h4-5,8-10,12-13,24,26H,3,6-7,11H2,1-2H3,(H,23,29)(H,25,30)(H,31,32). The maximum Gasteiger partial charge on any atom is 0.404 e. The Kier molecular flexibility index (Phi) is 7.51. The zero-order valence-corrected chi connectivity index (χ0v) is 18.8. The molecule has 0 unspecified atom stereocenters. The lowest BCUT2D eigenvalue weighted by Gasteiger charge is -2.11. The Hall–Kier alpha value is -4.35. The number of aromatic nitrogens is 2. The lowest BCUT2D eigenvalue weighted by molar-refractivity contribution is -0.384. The van der Waals surface area contributed by atoms with Crippen molar-refractivity contribution in [3.63, 3.8) is 0 Å². The van der Waals surface area contributed by atoms with Gasteiger partial charge in [-0.25, -0.2) is 4.79 Å². The van der Waals surface area contributed by atoms with Gasteiger partial charge in [0.25, 0.3) is 17.5 Å². The summed E-state index contributed by atoms with van der Waals surface area (Å²) in [4.78, 5) is 49.2. The molecule has 0 saturated carbocycles. The summed E-state index contributed by atoms with van der Waals surface area (Å²) in [7, 11) is 0. The molecule has 0 fully saturated rings. The molecular weight excluding hydrogens is 444 g/mol. The van der Waals surface area contributed by atoms with E-state index in [4.69, 9.17) is 5.11 Å². The highest BCUT2D eigenvalue weighted by Crippen LogP contribution is 2.23. The average molecular weight is 470 g/mol. The number of carbonyl (C=O) groups excluding carboxylic acids is 2. The predicted molar refractivity (Wildman–Crippen MR) is 125 cm³/mol. The summed E-state index contributed by atoms with van der Waals surface area (Å²) in [5.74, 6) is -0.629. The van der Waals surface area contributed by atoms with Crippen LogP contribution >= 0.6 is 0 Å². The predicted octanol–water partition coefficient (Wildman–Crippen LogP) is 3.17. The van der Waals surface area contributed by atoms with Crippen LogP contribution in [-0.4, -0.2) is 50.6 Å². The zero-order chi connectivity index (χ0) is 24.8. The van der Waals surface area contributed by atoms with E-state index < -0.39 is 16.9 Å². The number of hydrogen-bond donors (Lipinski definition) is 5. The van der Waals surface area contributed by atoms with Gasteiger partial charge in [-0.1, -0.05) is 19.9 Å². The number of aromatic amines is 1. The largest absolute Gasteiger partial charge is 0.465 e. The van der Waals surface area contributed by atoms with Crippen molar-refractivity contribution in [3.05, 3.63) is 58.0 Å². The first kappa shape index (κ1) is 24.3. The van der Waals surface area contributed by atoms with E-state index >= 15 is 0 Å². The number of nitrogens with one attached hydrogen (secondary N) is 4. The highest BCUT2D eigenvalue weighted by Gasteiger charge is 2.20. The van der Waals surface area contributed by atoms with Crippen molar-refractivity contribution < 1.29 is 24.4 Å². The van der Waals surface area contributed by atoms with Gasteiger partial charge in [-0.15, -0.1) is 0 Å². The van der Waals surface area contributed by atoms with Crippen molar-refractivity contribution in [1.29, 1.82) is 0 Å². The van der Waals surface area contributed by atoms with Crippen LogP contribution in [0.5, 0.6) is 0 Å². The van der Waals surface area contributed by atoms with Crippen molar-refractivity contribution in [2.75, 3.05) is 18.4 Å². The number of rotatable bonds is 10. The molecule has 1 aromatic carbocycles. The molecule has 12 heteroatoms. The van der Waals surface area contributed by atoms with E-state index in [9.17, 15) is 24.5 Å². The van der Waals surface area contributed by atoms with Crippen LogP contribution in [0.2, 0.25) is 0 Å². The minimum absolute atomic E-state index is 0.153. The Morgan fingerprint density at radius 3 is 2.53 bits per heavy atom. The van der Waals surface area contributed by atoms with Crippen LogP contribution in [0.1, 0.15) is 41.2 Å². The summed E-state index contributed by atoms with van der Waals surface area (Å²) in [6.45, 7) is 4.89. The number of fused-ring (bicyclic) bond motifs is 1. The monoisotopic (exact) mass is 470 g/mol. The second-order valence-corrected chi connectivity index (χ2v) is 8.17. The Balaban J connectivity index is 1.69. The molecule has 0 spiro atoms. The molecule has 3 rings (SSSR count). The third-order valence-electron chi connectivity index (χ3n) is 4.93. The molecule has 12 nitrogen and oxygen atoms in total. The number of hydrogen-bond acceptors (Lipinski definition) is 5. The third-order valence-corrected chi connectivity index (χ3v) is 4.93. The molecule has 0 saturated heterocycles. The fourth-order valence-corrected chi connectivity index (χ4v) is 3.43. The van der Waals surface area contributed by atoms with Crippen molar-refractivity contribution in [3.8, 4) is 0 Å². The van der Waals surface area contributed by atoms with Gasteiger partial charge in [0.15, 0.2) is 0 Å². The lowest BCUT2D eigenvalue weighted by Crippen LogP contribution is -2.29. The minimum atomic E-state index is -1.11. The van der Waals surface area contributed by atoms with Gasteiger partial charge in [0, 0.05) is 42.3 Å². The number of nitrogens with zero attached hydrogens (tertiary/aromatic N) is 2. The minimum Gasteiger partial charge on any atom is -0.465 e. The average Bonchev–Trinajstić information content (AvgIpc) is 3.37. The maximum absolute atomic E-state index is 12.8. The fraction of sp³-hybridized carbons (Fsp3) is 0.318. The summed E-state index contributed by atoms with van der Waals surface area (Å²) in [6.07, 6.45) is 0.688. The topological polar surface area (TPSA) is 171 Å². The molecule has 0 atom stereocenters. The van der Waals surface area contributed by atoms with Gasteiger partial charge in [0.05, 0.1) is 11.1 Å². The summed E-state index contributed by atoms with van der Waals surface area (Å²) >= 11 is 0. The Morgan fingerprint density at radius 2 is 1.85 bits per heavy atom. The van der Waals surface area contributed by atoms with Gasteiger partial charge in [0.1, 0.15) is 11.4 Å². The highest BCUT2D eigenvalue weighted by molar-refractivity contribution is 6.05. The van der Waals surface area contributed by atoms with E-state index in [1.165, 1.54) is 12.3 Å². The van der Waals surface area contributed by atoms with Crippen molar-refractivity contribution in [2.24, 2.45) is 5.92 Å². The van der Waals surface area contributed by atoms with Gasteiger partial charge in [-0.3, -0.25) is 19.7 Å². The Bertz CT molecular complexity index is 1230. The number of benzene rings is 1. The molecule has 2 heterocycles. The lowest BCUT2D eigenvalue weighted by atomic mass is 10.2. The molecule has 0 radical (unpaired) electrons. The Morgan fingerprint density at radius 1 is 1.12 bits per heavy atom. The number of carboxylic acid groups (broad SMARTS) is 1. The van der Waals surface area contributed by atoms with Crippen molar-refractivity contribution in [1.82, 2.24) is 20.2 Å². The number of H-pyrrole nitrogens is 1. The van der Waals surface area contributed by atoms with E-state index in [2.05, 4.69) is 20.9 Å². The molecule has 34 heavy (non-hydrogen) atoms. The van der Waals surface area contributed by atoms with E-state index in [1.807, 2.05) is 13.8 Å². The van der Waals surface area contributed by atoms with Crippen LogP contribution in [0, 0.1) is 16.0 Å². The molecule has 180 valence electrons. The van der Waals surface area contributed by atoms with Crippen molar-refractivity contribution >= 4 is 40.2 Å². The fourth-order valence-electron chi connectivity index (χ4n) is 3.43. The molecule has 0 aliphatic carbocycles. The van der Waals surface area contributed by atoms with Crippen LogP contribution in [0.15, 0.2) is 36.5 Å². The number of nitro groups is 1. The first-order valence-electron chi connectivity index (χ1n) is 10.7. The molecule has 5 N–H and O–H groups in total. The summed E-state index contributed by atoms with van der Waals surface area (Å²) in [5.41, 5.74) is 1.44. The van der Waals surface area contributed by atoms with Crippen molar-refractivity contribution in [2.45, 2.75) is 26.8 Å². The van der Waals surface area contributed by atoms with Gasteiger partial charge in [0.2, 0.25) is 0 Å². The quantitative estimate of drug-likeness (QED) is 0.173. The normalized spacial score (nSPS) is 10.9. The Labute approximate surface area is 194 Å². The first-order valence-corrected chi connectivity index (χ1v) is 10.7. The number of amides is 3. The molecule has 3 aromatic rings. The van der Waals surface area contributed by atoms with E-state index in [0.29, 0.717) is 36.4 Å². The van der Waals surface area contributed by atoms with Crippen LogP contribution in [0.25, 0.3) is 10.9 Å². The van der Waals surface area contributed by atoms with E-state index in [-0.39, 0.29) is 29.8 Å². The molecule has 0 bridgehead atoms. The highest BCUT2D eigenvalue weighted by atomic mass is 16.6. The summed E-state index contributed by atoms with van der Waals surface area (Å²) < 4.78 is 1.57. The molecule has 0 aliphatic rings. The molecule has 3 amide bonds. The van der Waals surface area contributed by atoms with Crippen LogP contribution in [0.4, 0.5) is 16.2 Å². The van der Waals surface area contributed by atoms with Gasteiger partial charge in [-0.05, 0) is 30.5 Å². The summed E-state index contributed by atoms with van der Waals surface area (Å²) in [6, 6.07) is 8.01. The second-order valence-electron chi connectivity index (χ2n) is 8.17. The van der Waals surface area contributed by atoms with Crippen LogP contribution in [0.3, 0.4) is 0 Å².